The van der Waals surface area contributed by atoms with Gasteiger partial charge in [0.25, 0.3) is 0 Å². The topological polar surface area (TPSA) is 83.0 Å². The SMILES string of the molecule is Nc1ncnc2c1c(I)cn2C1CC(N2CC[S+]([O-])CC2)C1. The molecule has 3 heterocycles. The lowest BCUT2D eigenvalue weighted by Crippen LogP contribution is -2.51. The molecule has 0 atom stereocenters. The highest BCUT2D eigenvalue weighted by molar-refractivity contribution is 14.1. The molecule has 8 heteroatoms. The minimum atomic E-state index is -0.597. The molecule has 0 spiro atoms. The molecule has 2 aromatic heterocycles. The Hall–Kier alpha value is -0.580. The third kappa shape index (κ3) is 2.49. The van der Waals surface area contributed by atoms with Gasteiger partial charge >= 0.3 is 0 Å². The number of hydrogen-bond acceptors (Lipinski definition) is 5. The van der Waals surface area contributed by atoms with Crippen molar-refractivity contribution in [1.82, 2.24) is 19.4 Å². The van der Waals surface area contributed by atoms with Crippen molar-refractivity contribution in [2.45, 2.75) is 24.9 Å². The quantitative estimate of drug-likeness (QED) is 0.574. The number of nitrogens with zero attached hydrogens (tertiary/aromatic N) is 4. The fraction of sp³-hybridized carbons (Fsp3) is 0.571. The molecule has 2 fully saturated rings. The van der Waals surface area contributed by atoms with E-state index in [4.69, 9.17) is 5.73 Å². The normalized spacial score (nSPS) is 27.2. The standard InChI is InChI=1S/C14H18IN5OS/c15-11-7-20(14-12(11)13(16)17-8-18-14)10-5-9(6-10)19-1-3-22(21)4-2-19/h7-10H,1-6H2,(H2,16,17,18). The first-order chi connectivity index (χ1) is 10.6. The molecule has 0 bridgehead atoms. The van der Waals surface area contributed by atoms with Gasteiger partial charge in [0.2, 0.25) is 0 Å². The van der Waals surface area contributed by atoms with Gasteiger partial charge in [0.05, 0.1) is 5.39 Å². The molecule has 0 amide bonds. The number of fused-ring (bicyclic) bond motifs is 1. The molecule has 1 aliphatic carbocycles. The smallest absolute Gasteiger partial charge is 0.146 e. The van der Waals surface area contributed by atoms with E-state index in [0.717, 1.165) is 52.0 Å². The Morgan fingerprint density at radius 3 is 2.68 bits per heavy atom. The molecule has 0 aromatic carbocycles. The van der Waals surface area contributed by atoms with Gasteiger partial charge in [0.1, 0.15) is 29.3 Å². The molecule has 1 saturated carbocycles. The highest BCUT2D eigenvalue weighted by Crippen LogP contribution is 2.39. The molecule has 1 aliphatic heterocycles. The lowest BCUT2D eigenvalue weighted by molar-refractivity contribution is 0.0922. The minimum Gasteiger partial charge on any atom is -0.616 e. The van der Waals surface area contributed by atoms with Gasteiger partial charge in [-0.1, -0.05) is 11.2 Å². The van der Waals surface area contributed by atoms with Crippen LogP contribution in [0.3, 0.4) is 0 Å². The number of hydrogen-bond donors (Lipinski definition) is 1. The van der Waals surface area contributed by atoms with Crippen LogP contribution in [-0.2, 0) is 11.2 Å². The molecule has 0 radical (unpaired) electrons. The fourth-order valence-corrected chi connectivity index (χ4v) is 5.34. The van der Waals surface area contributed by atoms with Crippen molar-refractivity contribution < 1.29 is 4.55 Å². The highest BCUT2D eigenvalue weighted by atomic mass is 127. The number of nitrogens with two attached hydrogens (primary N) is 1. The van der Waals surface area contributed by atoms with E-state index in [9.17, 15) is 4.55 Å². The zero-order chi connectivity index (χ0) is 15.3. The van der Waals surface area contributed by atoms with Crippen molar-refractivity contribution in [2.24, 2.45) is 0 Å². The molecule has 2 aliphatic rings. The second kappa shape index (κ2) is 5.81. The van der Waals surface area contributed by atoms with E-state index in [0.29, 0.717) is 17.9 Å². The molecular formula is C14H18IN5OS. The second-order valence-electron chi connectivity index (χ2n) is 6.00. The number of nitrogen functional groups attached to an aromatic ring is 1. The third-order valence-electron chi connectivity index (χ3n) is 4.80. The van der Waals surface area contributed by atoms with Crippen LogP contribution in [0.15, 0.2) is 12.5 Å². The Kier molecular flexibility index (Phi) is 3.95. The maximum absolute atomic E-state index is 11.5. The van der Waals surface area contributed by atoms with E-state index in [1.807, 2.05) is 0 Å². The van der Waals surface area contributed by atoms with Crippen molar-refractivity contribution in [3.05, 3.63) is 16.1 Å². The highest BCUT2D eigenvalue weighted by Gasteiger charge is 2.37. The summed E-state index contributed by atoms with van der Waals surface area (Å²) in [4.78, 5) is 11.0. The summed E-state index contributed by atoms with van der Waals surface area (Å²) in [5, 5.41) is 0.972. The summed E-state index contributed by atoms with van der Waals surface area (Å²) in [7, 11) is 0. The van der Waals surface area contributed by atoms with Gasteiger partial charge < -0.3 is 14.9 Å². The number of anilines is 1. The van der Waals surface area contributed by atoms with Crippen LogP contribution in [0, 0.1) is 3.57 Å². The predicted octanol–water partition coefficient (Wildman–Crippen LogP) is 1.39. The van der Waals surface area contributed by atoms with E-state index in [1.54, 1.807) is 6.33 Å². The summed E-state index contributed by atoms with van der Waals surface area (Å²) < 4.78 is 14.8. The van der Waals surface area contributed by atoms with Gasteiger partial charge in [0.15, 0.2) is 0 Å². The lowest BCUT2D eigenvalue weighted by Gasteiger charge is -2.44. The van der Waals surface area contributed by atoms with Gasteiger partial charge in [0, 0.05) is 34.9 Å². The monoisotopic (exact) mass is 431 g/mol. The zero-order valence-electron chi connectivity index (χ0n) is 12.1. The maximum atomic E-state index is 11.5. The average molecular weight is 431 g/mol. The van der Waals surface area contributed by atoms with E-state index in [1.165, 1.54) is 0 Å². The van der Waals surface area contributed by atoms with Crippen LogP contribution in [0.4, 0.5) is 5.82 Å². The van der Waals surface area contributed by atoms with E-state index >= 15 is 0 Å². The van der Waals surface area contributed by atoms with Crippen molar-refractivity contribution in [2.75, 3.05) is 30.3 Å². The van der Waals surface area contributed by atoms with Gasteiger partial charge in [-0.2, -0.15) is 0 Å². The first kappa shape index (κ1) is 15.0. The molecule has 2 aromatic rings. The Labute approximate surface area is 145 Å². The van der Waals surface area contributed by atoms with E-state index in [2.05, 4.69) is 48.2 Å². The lowest BCUT2D eigenvalue weighted by atomic mass is 9.85. The van der Waals surface area contributed by atoms with Gasteiger partial charge in [-0.15, -0.1) is 0 Å². The van der Waals surface area contributed by atoms with Crippen LogP contribution in [0.2, 0.25) is 0 Å². The zero-order valence-corrected chi connectivity index (χ0v) is 15.1. The van der Waals surface area contributed by atoms with Crippen LogP contribution in [0.5, 0.6) is 0 Å². The van der Waals surface area contributed by atoms with Gasteiger partial charge in [-0.05, 0) is 35.4 Å². The van der Waals surface area contributed by atoms with Crippen molar-refractivity contribution >= 4 is 50.6 Å². The average Bonchev–Trinajstić information content (AvgIpc) is 2.78. The molecule has 118 valence electrons. The van der Waals surface area contributed by atoms with Crippen LogP contribution in [-0.4, -0.2) is 54.6 Å². The molecule has 4 rings (SSSR count). The summed E-state index contributed by atoms with van der Waals surface area (Å²) in [6.45, 7) is 1.95. The Balaban J connectivity index is 1.50. The van der Waals surface area contributed by atoms with Crippen molar-refractivity contribution in [3.63, 3.8) is 0 Å². The third-order valence-corrected chi connectivity index (χ3v) is 6.90. The Morgan fingerprint density at radius 1 is 1.23 bits per heavy atom. The molecule has 2 N–H and O–H groups in total. The predicted molar refractivity (Wildman–Crippen MR) is 96.2 cm³/mol. The number of aromatic nitrogens is 3. The van der Waals surface area contributed by atoms with Gasteiger partial charge in [-0.3, -0.25) is 4.90 Å². The van der Waals surface area contributed by atoms with Gasteiger partial charge in [-0.25, -0.2) is 9.97 Å². The molecule has 22 heavy (non-hydrogen) atoms. The van der Waals surface area contributed by atoms with Crippen molar-refractivity contribution in [3.8, 4) is 0 Å². The summed E-state index contributed by atoms with van der Waals surface area (Å²) in [5.41, 5.74) is 6.93. The molecule has 1 saturated heterocycles. The molecule has 6 nitrogen and oxygen atoms in total. The first-order valence-corrected chi connectivity index (χ1v) is 10.1. The Bertz CT molecular complexity index is 694. The number of rotatable bonds is 2. The second-order valence-corrected chi connectivity index (χ2v) is 8.86. The van der Waals surface area contributed by atoms with E-state index in [-0.39, 0.29) is 0 Å². The van der Waals surface area contributed by atoms with E-state index < -0.39 is 11.2 Å². The maximum Gasteiger partial charge on any atom is 0.146 e. The van der Waals surface area contributed by atoms with Crippen LogP contribution < -0.4 is 5.73 Å². The first-order valence-electron chi connectivity index (χ1n) is 7.49. The summed E-state index contributed by atoms with van der Waals surface area (Å²) in [6, 6.07) is 1.11. The van der Waals surface area contributed by atoms with Crippen LogP contribution >= 0.6 is 22.6 Å². The molecule has 0 unspecified atom stereocenters. The summed E-state index contributed by atoms with van der Waals surface area (Å²) >= 11 is 1.71. The molecular weight excluding hydrogens is 413 g/mol. The summed E-state index contributed by atoms with van der Waals surface area (Å²) in [6.07, 6.45) is 5.95. The fourth-order valence-electron chi connectivity index (χ4n) is 3.44. The minimum absolute atomic E-state index is 0.484. The van der Waals surface area contributed by atoms with Crippen LogP contribution in [0.1, 0.15) is 18.9 Å². The largest absolute Gasteiger partial charge is 0.616 e. The Morgan fingerprint density at radius 2 is 1.95 bits per heavy atom. The van der Waals surface area contributed by atoms with Crippen LogP contribution in [0.25, 0.3) is 11.0 Å². The van der Waals surface area contributed by atoms with Crippen molar-refractivity contribution in [1.29, 1.82) is 0 Å². The summed E-state index contributed by atoms with van der Waals surface area (Å²) in [5.74, 6) is 2.22. The number of halogens is 1.